The van der Waals surface area contributed by atoms with Gasteiger partial charge in [-0.1, -0.05) is 25.5 Å². The Kier molecular flexibility index (Phi) is 8.96. The van der Waals surface area contributed by atoms with Crippen molar-refractivity contribution in [2.75, 3.05) is 18.3 Å². The van der Waals surface area contributed by atoms with E-state index in [0.29, 0.717) is 17.9 Å². The summed E-state index contributed by atoms with van der Waals surface area (Å²) in [5, 5.41) is 14.7. The highest BCUT2D eigenvalue weighted by Gasteiger charge is 2.74. The number of ketones is 2. The van der Waals surface area contributed by atoms with Gasteiger partial charge in [0.2, 0.25) is 0 Å². The van der Waals surface area contributed by atoms with Crippen LogP contribution in [0.3, 0.4) is 0 Å². The molecule has 0 aromatic heterocycles. The maximum Gasteiger partial charge on any atom is 0.408 e. The monoisotopic (exact) mass is 688 g/mol. The van der Waals surface area contributed by atoms with E-state index in [4.69, 9.17) is 19.0 Å². The largest absolute Gasteiger partial charge is 0.444 e. The number of alkyl carbamates (subject to hydrolysis) is 1. The molecule has 6 aliphatic rings. The third-order valence-corrected chi connectivity index (χ3v) is 12.3. The van der Waals surface area contributed by atoms with Gasteiger partial charge >= 0.3 is 12.1 Å². The molecule has 6 rings (SSSR count). The first-order valence-corrected chi connectivity index (χ1v) is 17.7. The number of hydrogen-bond donors (Lipinski definition) is 2. The average Bonchev–Trinajstić information content (AvgIpc) is 3.63. The summed E-state index contributed by atoms with van der Waals surface area (Å²) in [5.74, 6) is -2.93. The van der Waals surface area contributed by atoms with Crippen molar-refractivity contribution < 1.29 is 52.9 Å². The van der Waals surface area contributed by atoms with Crippen molar-refractivity contribution in [2.45, 2.75) is 103 Å². The molecule has 2 heterocycles. The number of amides is 3. The van der Waals surface area contributed by atoms with Gasteiger partial charge in [0, 0.05) is 35.3 Å². The molecule has 2 saturated heterocycles. The molecule has 3 saturated carbocycles. The highest BCUT2D eigenvalue weighted by atomic mass is 32.2. The summed E-state index contributed by atoms with van der Waals surface area (Å²) in [7, 11) is 0. The maximum atomic E-state index is 14.3. The molecule has 2 N–H and O–H groups in total. The third kappa shape index (κ3) is 5.71. The third-order valence-electron chi connectivity index (χ3n) is 11.3. The molecule has 13 nitrogen and oxygen atoms in total. The topological polar surface area (TPSA) is 175 Å². The van der Waals surface area contributed by atoms with Gasteiger partial charge in [0.25, 0.3) is 11.8 Å². The van der Waals surface area contributed by atoms with Crippen molar-refractivity contribution in [3.8, 4) is 0 Å². The Labute approximate surface area is 283 Å². The molecule has 9 unspecified atom stereocenters. The van der Waals surface area contributed by atoms with Crippen LogP contribution in [0.15, 0.2) is 23.8 Å². The second-order valence-electron chi connectivity index (χ2n) is 15.2. The molecule has 0 spiro atoms. The predicted molar refractivity (Wildman–Crippen MR) is 170 cm³/mol. The number of Topliss-reactive ketones (excluding diaryl/α,β-unsaturated/α-hetero) is 1. The van der Waals surface area contributed by atoms with E-state index in [-0.39, 0.29) is 60.5 Å². The molecule has 48 heavy (non-hydrogen) atoms. The number of aliphatic hydroxyl groups is 1. The summed E-state index contributed by atoms with van der Waals surface area (Å²) in [6, 6.07) is -1.35. The van der Waals surface area contributed by atoms with Crippen molar-refractivity contribution in [1.82, 2.24) is 10.4 Å². The number of carbonyl (C=O) groups is 6. The zero-order valence-electron chi connectivity index (χ0n) is 27.9. The number of hydrogen-bond acceptors (Lipinski definition) is 12. The van der Waals surface area contributed by atoms with Crippen molar-refractivity contribution in [1.29, 1.82) is 0 Å². The maximum absolute atomic E-state index is 14.3. The number of aliphatic hydroxyl groups excluding tert-OH is 1. The van der Waals surface area contributed by atoms with Crippen LogP contribution < -0.4 is 5.32 Å². The van der Waals surface area contributed by atoms with Crippen LogP contribution in [-0.4, -0.2) is 93.4 Å². The Morgan fingerprint density at radius 3 is 2.54 bits per heavy atom. The van der Waals surface area contributed by atoms with Gasteiger partial charge in [-0.25, -0.2) is 9.59 Å². The Morgan fingerprint density at radius 1 is 1.15 bits per heavy atom. The summed E-state index contributed by atoms with van der Waals surface area (Å²) in [6.45, 7) is 9.01. The van der Waals surface area contributed by atoms with Gasteiger partial charge in [-0.3, -0.25) is 19.2 Å². The van der Waals surface area contributed by atoms with E-state index in [9.17, 15) is 33.9 Å². The summed E-state index contributed by atoms with van der Waals surface area (Å²) < 4.78 is 17.6. The number of hydroxylamine groups is 2. The molecule has 262 valence electrons. The summed E-state index contributed by atoms with van der Waals surface area (Å²) >= 11 is 1.07. The van der Waals surface area contributed by atoms with Gasteiger partial charge in [-0.15, -0.1) is 5.06 Å². The first-order valence-electron chi connectivity index (χ1n) is 16.6. The lowest BCUT2D eigenvalue weighted by Crippen LogP contribution is -2.63. The van der Waals surface area contributed by atoms with E-state index in [1.54, 1.807) is 32.9 Å². The molecular weight excluding hydrogens is 644 g/mol. The fourth-order valence-electron chi connectivity index (χ4n) is 9.34. The lowest BCUT2D eigenvalue weighted by atomic mass is 9.46. The average molecular weight is 689 g/mol. The van der Waals surface area contributed by atoms with Crippen LogP contribution in [0, 0.1) is 28.6 Å². The number of nitrogens with zero attached hydrogens (tertiary/aromatic N) is 1. The zero-order valence-corrected chi connectivity index (χ0v) is 28.8. The minimum atomic E-state index is -1.35. The Balaban J connectivity index is 1.18. The lowest BCUT2D eigenvalue weighted by Gasteiger charge is -2.59. The molecule has 5 fully saturated rings. The molecule has 3 amide bonds. The van der Waals surface area contributed by atoms with Crippen molar-refractivity contribution in [3.05, 3.63) is 23.8 Å². The van der Waals surface area contributed by atoms with E-state index in [1.165, 1.54) is 0 Å². The van der Waals surface area contributed by atoms with Crippen LogP contribution in [0.5, 0.6) is 0 Å². The number of rotatable bonds is 8. The summed E-state index contributed by atoms with van der Waals surface area (Å²) in [4.78, 5) is 81.5. The van der Waals surface area contributed by atoms with Crippen LogP contribution in [-0.2, 0) is 43.0 Å². The smallest absolute Gasteiger partial charge is 0.408 e. The van der Waals surface area contributed by atoms with Gasteiger partial charge in [0.15, 0.2) is 17.2 Å². The van der Waals surface area contributed by atoms with Gasteiger partial charge < -0.3 is 29.5 Å². The summed E-state index contributed by atoms with van der Waals surface area (Å²) in [5.41, 5.74) is -2.36. The molecule has 2 aliphatic heterocycles. The van der Waals surface area contributed by atoms with E-state index in [1.807, 2.05) is 13.0 Å². The second kappa shape index (κ2) is 12.4. The Hall–Kier alpha value is -3.07. The molecule has 0 aromatic carbocycles. The first kappa shape index (κ1) is 34.8. The highest BCUT2D eigenvalue weighted by Crippen LogP contribution is 2.69. The van der Waals surface area contributed by atoms with Gasteiger partial charge in [0.1, 0.15) is 18.4 Å². The van der Waals surface area contributed by atoms with Crippen LogP contribution >= 0.6 is 11.8 Å². The van der Waals surface area contributed by atoms with Crippen LogP contribution in [0.4, 0.5) is 4.79 Å². The molecule has 0 bridgehead atoms. The number of thioether (sulfide) groups is 1. The summed E-state index contributed by atoms with van der Waals surface area (Å²) in [6.07, 6.45) is 5.28. The van der Waals surface area contributed by atoms with Crippen molar-refractivity contribution in [3.63, 3.8) is 0 Å². The Morgan fingerprint density at radius 2 is 1.85 bits per heavy atom. The Bertz CT molecular complexity index is 1470. The highest BCUT2D eigenvalue weighted by molar-refractivity contribution is 8.00. The number of imide groups is 1. The minimum Gasteiger partial charge on any atom is -0.444 e. The molecule has 4 aliphatic carbocycles. The second-order valence-corrected chi connectivity index (χ2v) is 16.3. The fourth-order valence-corrected chi connectivity index (χ4v) is 10.3. The van der Waals surface area contributed by atoms with E-state index in [2.05, 4.69) is 12.2 Å². The quantitative estimate of drug-likeness (QED) is 0.358. The number of allylic oxidation sites excluding steroid dienone is 4. The van der Waals surface area contributed by atoms with Crippen LogP contribution in [0.25, 0.3) is 0 Å². The van der Waals surface area contributed by atoms with Crippen LogP contribution in [0.2, 0.25) is 0 Å². The van der Waals surface area contributed by atoms with E-state index < -0.39 is 64.2 Å². The molecule has 14 heteroatoms. The molecular formula is C34H44N2O11S. The fraction of sp³-hybridized carbons (Fsp3) is 0.706. The molecule has 0 radical (unpaired) electrons. The molecule has 0 aromatic rings. The number of ether oxygens (including phenoxy) is 3. The normalized spacial score (nSPS) is 37.6. The zero-order chi connectivity index (χ0) is 34.8. The van der Waals surface area contributed by atoms with E-state index in [0.717, 1.165) is 30.2 Å². The van der Waals surface area contributed by atoms with Crippen molar-refractivity contribution >= 4 is 47.2 Å². The van der Waals surface area contributed by atoms with Crippen molar-refractivity contribution in [2.24, 2.45) is 28.6 Å². The molecule has 9 atom stereocenters. The standard InChI is InChI=1S/C34H44N2O11S/c1-31(2,3)46-30(43)35-22(29(42)47-36-26(40)8-9-27(36)41)15-48-16-24(39)34-25(44-17-45-34)13-21-20-7-6-18-12-19(37)10-11-32(18,4)28(20)23(38)14-33(21,34)5/h10-12,20-23,25,28,38H,6-9,13-17H2,1-5H3,(H,35,43). The number of nitrogens with one attached hydrogen (secondary N) is 1. The first-order chi connectivity index (χ1) is 22.5. The number of carbonyl (C=O) groups excluding carboxylic acids is 6. The predicted octanol–water partition coefficient (Wildman–Crippen LogP) is 2.79. The van der Waals surface area contributed by atoms with Gasteiger partial charge in [0.05, 0.1) is 18.0 Å². The minimum absolute atomic E-state index is 0.0154. The lowest BCUT2D eigenvalue weighted by molar-refractivity contribution is -0.198. The van der Waals surface area contributed by atoms with Gasteiger partial charge in [-0.05, 0) is 70.4 Å². The van der Waals surface area contributed by atoms with Gasteiger partial charge in [-0.2, -0.15) is 11.8 Å². The SMILES string of the molecule is CC(C)(C)OC(=O)NC(CSCC(=O)C12OCOC1CC1C3CCC4=CC(=O)C=CC4(C)C3C(O)CC12C)C(=O)ON1C(=O)CCC1=O. The van der Waals surface area contributed by atoms with E-state index >= 15 is 0 Å². The van der Waals surface area contributed by atoms with Crippen LogP contribution in [0.1, 0.15) is 73.1 Å². The number of fused-ring (bicyclic) bond motifs is 7.